The number of methoxy groups -OCH3 is 3. The number of nitrogen functional groups attached to an aromatic ring is 1. The maximum atomic E-state index is 13.1. The van der Waals surface area contributed by atoms with E-state index in [1.807, 2.05) is 6.07 Å². The molecule has 2 rings (SSSR count). The van der Waals surface area contributed by atoms with E-state index >= 15 is 0 Å². The molecule has 2 aromatic heterocycles. The van der Waals surface area contributed by atoms with Gasteiger partial charge in [0.2, 0.25) is 5.60 Å². The molecule has 18 heteroatoms. The van der Waals surface area contributed by atoms with Crippen LogP contribution < -0.4 is 10.8 Å². The molecule has 244 valence electrons. The first-order chi connectivity index (χ1) is 20.7. The molecule has 0 bridgehead atoms. The zero-order valence-electron chi connectivity index (χ0n) is 25.8. The monoisotopic (exact) mass is 642 g/mol. The SMILES string of the molecule is CO[C@@H](C)C(=O)O[C@@H](c1ccc2c(N)ncnn12)[C@H](OC(=O)[C@H](C)OC)[C@@](C#N)(CO[PH](=O)N[C@@H](C)C(=O)OC(C)C)OC. The summed E-state index contributed by atoms with van der Waals surface area (Å²) in [5, 5.41) is 17.1. The molecule has 3 N–H and O–H groups in total. The van der Waals surface area contributed by atoms with Crippen molar-refractivity contribution in [1.82, 2.24) is 19.7 Å². The molecule has 17 nitrogen and oxygen atoms in total. The van der Waals surface area contributed by atoms with Gasteiger partial charge in [-0.15, -0.1) is 0 Å². The Bertz CT molecular complexity index is 1370. The Morgan fingerprint density at radius 2 is 1.64 bits per heavy atom. The quantitative estimate of drug-likeness (QED) is 0.140. The molecule has 0 radical (unpaired) electrons. The van der Waals surface area contributed by atoms with Crippen LogP contribution in [0.3, 0.4) is 0 Å². The highest BCUT2D eigenvalue weighted by atomic mass is 31.1. The number of rotatable bonds is 17. The summed E-state index contributed by atoms with van der Waals surface area (Å²) < 4.78 is 51.9. The van der Waals surface area contributed by atoms with Gasteiger partial charge in [-0.25, -0.2) is 24.2 Å². The van der Waals surface area contributed by atoms with Gasteiger partial charge in [0, 0.05) is 21.3 Å². The van der Waals surface area contributed by atoms with Crippen molar-refractivity contribution in [3.63, 3.8) is 0 Å². The Kier molecular flexibility index (Phi) is 13.6. The molecule has 0 aliphatic carbocycles. The van der Waals surface area contributed by atoms with E-state index in [9.17, 15) is 24.2 Å². The molecule has 7 atom stereocenters. The van der Waals surface area contributed by atoms with Crippen molar-refractivity contribution in [3.05, 3.63) is 24.2 Å². The number of carbonyl (C=O) groups is 3. The minimum absolute atomic E-state index is 0.0829. The fraction of sp³-hybridized carbons (Fsp3) is 0.615. The van der Waals surface area contributed by atoms with Gasteiger partial charge >= 0.3 is 17.9 Å². The number of carbonyl (C=O) groups excluding carboxylic acids is 3. The average molecular weight is 643 g/mol. The number of aromatic nitrogens is 3. The van der Waals surface area contributed by atoms with Gasteiger partial charge < -0.3 is 38.7 Å². The van der Waals surface area contributed by atoms with Gasteiger partial charge in [0.15, 0.2) is 30.2 Å². The second-order valence-electron chi connectivity index (χ2n) is 9.80. The van der Waals surface area contributed by atoms with E-state index in [1.54, 1.807) is 13.8 Å². The molecular weight excluding hydrogens is 603 g/mol. The summed E-state index contributed by atoms with van der Waals surface area (Å²) in [7, 11) is 0.436. The molecule has 1 unspecified atom stereocenters. The molecular formula is C26H39N6O11P. The molecule has 0 saturated heterocycles. The van der Waals surface area contributed by atoms with Crippen LogP contribution in [0.1, 0.15) is 46.4 Å². The summed E-state index contributed by atoms with van der Waals surface area (Å²) in [6, 6.07) is 3.88. The minimum atomic E-state index is -3.23. The maximum Gasteiger partial charge on any atom is 0.335 e. The van der Waals surface area contributed by atoms with E-state index in [2.05, 4.69) is 15.2 Å². The molecule has 0 aliphatic rings. The van der Waals surface area contributed by atoms with Crippen LogP contribution in [0.15, 0.2) is 18.5 Å². The first-order valence-corrected chi connectivity index (χ1v) is 14.7. The summed E-state index contributed by atoms with van der Waals surface area (Å²) in [5.41, 5.74) is 4.13. The predicted octanol–water partition coefficient (Wildman–Crippen LogP) is 1.12. The van der Waals surface area contributed by atoms with Crippen molar-refractivity contribution >= 4 is 37.4 Å². The van der Waals surface area contributed by atoms with Gasteiger partial charge in [-0.3, -0.25) is 9.36 Å². The van der Waals surface area contributed by atoms with Gasteiger partial charge in [-0.05, 0) is 46.8 Å². The summed E-state index contributed by atoms with van der Waals surface area (Å²) in [5.74, 6) is -2.45. The number of nitrogens with zero attached hydrogens (tertiary/aromatic N) is 4. The molecule has 2 heterocycles. The fourth-order valence-electron chi connectivity index (χ4n) is 3.68. The smallest absolute Gasteiger partial charge is 0.335 e. The number of fused-ring (bicyclic) bond motifs is 1. The van der Waals surface area contributed by atoms with Crippen LogP contribution in [0.5, 0.6) is 0 Å². The van der Waals surface area contributed by atoms with Crippen LogP contribution >= 0.6 is 8.18 Å². The van der Waals surface area contributed by atoms with Crippen LogP contribution in [0.2, 0.25) is 0 Å². The van der Waals surface area contributed by atoms with Gasteiger partial charge in [-0.2, -0.15) is 10.4 Å². The largest absolute Gasteiger partial charge is 0.462 e. The Balaban J connectivity index is 2.62. The Labute approximate surface area is 255 Å². The topological polar surface area (TPSA) is 225 Å². The highest BCUT2D eigenvalue weighted by Crippen LogP contribution is 2.36. The van der Waals surface area contributed by atoms with E-state index in [0.717, 1.165) is 13.4 Å². The maximum absolute atomic E-state index is 13.1. The number of nitriles is 1. The lowest BCUT2D eigenvalue weighted by molar-refractivity contribution is -0.202. The first-order valence-electron chi connectivity index (χ1n) is 13.4. The molecule has 0 fully saturated rings. The number of nitrogens with two attached hydrogens (primary N) is 1. The Hall–Kier alpha value is -3.65. The van der Waals surface area contributed by atoms with Crippen LogP contribution in [0.4, 0.5) is 5.82 Å². The number of ether oxygens (including phenoxy) is 6. The molecule has 0 saturated carbocycles. The van der Waals surface area contributed by atoms with Crippen LogP contribution in [-0.2, 0) is 51.9 Å². The Morgan fingerprint density at radius 3 is 2.18 bits per heavy atom. The number of hydrogen-bond acceptors (Lipinski definition) is 15. The van der Waals surface area contributed by atoms with Crippen molar-refractivity contribution in [3.8, 4) is 6.07 Å². The molecule has 0 aliphatic heterocycles. The summed E-state index contributed by atoms with van der Waals surface area (Å²) in [4.78, 5) is 42.3. The Morgan fingerprint density at radius 1 is 1.02 bits per heavy atom. The van der Waals surface area contributed by atoms with Gasteiger partial charge in [-0.1, -0.05) is 0 Å². The van der Waals surface area contributed by atoms with E-state index in [1.165, 1.54) is 51.6 Å². The predicted molar refractivity (Wildman–Crippen MR) is 153 cm³/mol. The van der Waals surface area contributed by atoms with Gasteiger partial charge in [0.1, 0.15) is 30.6 Å². The van der Waals surface area contributed by atoms with Crippen LogP contribution in [0, 0.1) is 11.3 Å². The summed E-state index contributed by atoms with van der Waals surface area (Å²) in [6.45, 7) is 6.75. The van der Waals surface area contributed by atoms with Gasteiger partial charge in [0.05, 0.1) is 11.8 Å². The highest BCUT2D eigenvalue weighted by molar-refractivity contribution is 7.36. The van der Waals surface area contributed by atoms with Crippen molar-refractivity contribution in [2.24, 2.45) is 0 Å². The van der Waals surface area contributed by atoms with Crippen molar-refractivity contribution < 1.29 is 51.9 Å². The van der Waals surface area contributed by atoms with E-state index in [-0.39, 0.29) is 11.5 Å². The van der Waals surface area contributed by atoms with E-state index < -0.39 is 74.9 Å². The lowest BCUT2D eigenvalue weighted by Gasteiger charge is -2.37. The van der Waals surface area contributed by atoms with Crippen LogP contribution in [0.25, 0.3) is 5.52 Å². The second-order valence-corrected chi connectivity index (χ2v) is 11.0. The van der Waals surface area contributed by atoms with Crippen LogP contribution in [-0.4, -0.2) is 96.5 Å². The zero-order valence-corrected chi connectivity index (χ0v) is 26.8. The highest BCUT2D eigenvalue weighted by Gasteiger charge is 2.52. The van der Waals surface area contributed by atoms with E-state index in [4.69, 9.17) is 38.7 Å². The van der Waals surface area contributed by atoms with Gasteiger partial charge in [0.25, 0.3) is 8.18 Å². The third-order valence-electron chi connectivity index (χ3n) is 6.41. The number of nitrogens with one attached hydrogen (secondary N) is 1. The molecule has 2 aromatic rings. The molecule has 0 aromatic carbocycles. The lowest BCUT2D eigenvalue weighted by Crippen LogP contribution is -2.54. The van der Waals surface area contributed by atoms with Crippen molar-refractivity contribution in [2.45, 2.75) is 76.8 Å². The third-order valence-corrected chi connectivity index (χ3v) is 7.48. The fourth-order valence-corrected chi connectivity index (χ4v) is 4.59. The molecule has 44 heavy (non-hydrogen) atoms. The van der Waals surface area contributed by atoms with Crippen molar-refractivity contribution in [2.75, 3.05) is 33.7 Å². The lowest BCUT2D eigenvalue weighted by atomic mass is 9.92. The average Bonchev–Trinajstić information content (AvgIpc) is 3.43. The second kappa shape index (κ2) is 16.4. The minimum Gasteiger partial charge on any atom is -0.462 e. The standard InChI is InChI=1S/C26H39N6O11P/c1-14(2)41-23(33)15(3)31-44(36)40-12-26(11-27,39-8)21(43-25(35)17(5)38-7)20(42-24(34)16(4)37-6)18-9-10-19-22(28)29-13-30-32(18)19/h9-10,13-17,20-21,44H,12H2,1-8H3,(H,31,36)(H2,28,29,30)/t15-,16-,17-,20-,21-,26+/m0/s1. The number of esters is 3. The van der Waals surface area contributed by atoms with E-state index in [0.29, 0.717) is 5.52 Å². The number of anilines is 1. The zero-order chi connectivity index (χ0) is 33.2. The summed E-state index contributed by atoms with van der Waals surface area (Å²) >= 11 is 0. The van der Waals surface area contributed by atoms with Crippen molar-refractivity contribution in [1.29, 1.82) is 5.26 Å². The first kappa shape index (κ1) is 36.5. The number of hydrogen-bond donors (Lipinski definition) is 2. The normalized spacial score (nSPS) is 17.0. The summed E-state index contributed by atoms with van der Waals surface area (Å²) in [6.07, 6.45) is -4.87. The molecule has 0 amide bonds. The third kappa shape index (κ3) is 8.94. The molecule has 0 spiro atoms.